The summed E-state index contributed by atoms with van der Waals surface area (Å²) in [6.45, 7) is 0. The molecule has 0 fully saturated rings. The van der Waals surface area contributed by atoms with Crippen molar-refractivity contribution >= 4 is 11.6 Å². The van der Waals surface area contributed by atoms with Crippen molar-refractivity contribution in [2.45, 2.75) is 0 Å². The first kappa shape index (κ1) is 10.9. The molecule has 0 aromatic carbocycles. The van der Waals surface area contributed by atoms with E-state index in [1.54, 1.807) is 6.20 Å². The fraction of sp³-hybridized carbons (Fsp3) is 0.100. The Morgan fingerprint density at radius 3 is 2.82 bits per heavy atom. The Hall–Kier alpha value is -2.57. The Morgan fingerprint density at radius 1 is 1.47 bits per heavy atom. The molecule has 1 amide bonds. The molecule has 2 rings (SSSR count). The normalized spacial score (nSPS) is 10.2. The Labute approximate surface area is 97.0 Å². The maximum atomic E-state index is 11.3. The van der Waals surface area contributed by atoms with Crippen molar-refractivity contribution in [2.75, 3.05) is 12.8 Å². The van der Waals surface area contributed by atoms with Crippen LogP contribution in [0.2, 0.25) is 0 Å². The van der Waals surface area contributed by atoms with Gasteiger partial charge in [0.2, 0.25) is 0 Å². The molecule has 7 heteroatoms. The van der Waals surface area contributed by atoms with Gasteiger partial charge in [-0.1, -0.05) is 0 Å². The number of carbonyl (C=O) groups excluding carboxylic acids is 1. The van der Waals surface area contributed by atoms with Crippen LogP contribution in [-0.4, -0.2) is 27.8 Å². The quantitative estimate of drug-likeness (QED) is 0.772. The third-order valence-electron chi connectivity index (χ3n) is 2.16. The number of nitrogens with two attached hydrogens (primary N) is 2. The third-order valence-corrected chi connectivity index (χ3v) is 2.16. The molecule has 0 spiro atoms. The van der Waals surface area contributed by atoms with Gasteiger partial charge in [-0.15, -0.1) is 0 Å². The Morgan fingerprint density at radius 2 is 2.24 bits per heavy atom. The van der Waals surface area contributed by atoms with E-state index >= 15 is 0 Å². The summed E-state index contributed by atoms with van der Waals surface area (Å²) in [7, 11) is 1.52. The fourth-order valence-electron chi connectivity index (χ4n) is 1.37. The second kappa shape index (κ2) is 4.12. The summed E-state index contributed by atoms with van der Waals surface area (Å²) >= 11 is 0. The standard InChI is InChI=1S/C10H11N5O2/c1-17-7-4-14-15(5-7)10-8(9(12)16)2-6(11)3-13-10/h2-5H,11H2,1H3,(H2,12,16). The Bertz CT molecular complexity index is 564. The smallest absolute Gasteiger partial charge is 0.252 e. The van der Waals surface area contributed by atoms with Gasteiger partial charge in [0.05, 0.1) is 37.0 Å². The maximum absolute atomic E-state index is 11.3. The first-order valence-corrected chi connectivity index (χ1v) is 4.76. The molecule has 0 unspecified atom stereocenters. The Balaban J connectivity index is 2.54. The molecule has 0 bridgehead atoms. The predicted octanol–water partition coefficient (Wildman–Crippen LogP) is -0.0430. The van der Waals surface area contributed by atoms with Crippen LogP contribution in [0.25, 0.3) is 5.82 Å². The molecule has 0 saturated carbocycles. The van der Waals surface area contributed by atoms with Gasteiger partial charge in [0.1, 0.15) is 0 Å². The number of methoxy groups -OCH3 is 1. The van der Waals surface area contributed by atoms with E-state index in [0.29, 0.717) is 17.3 Å². The van der Waals surface area contributed by atoms with Crippen molar-refractivity contribution in [3.8, 4) is 11.6 Å². The van der Waals surface area contributed by atoms with Gasteiger partial charge in [-0.2, -0.15) is 5.10 Å². The zero-order valence-electron chi connectivity index (χ0n) is 9.12. The van der Waals surface area contributed by atoms with Crippen LogP contribution in [0, 0.1) is 0 Å². The summed E-state index contributed by atoms with van der Waals surface area (Å²) in [5.74, 6) is 0.253. The van der Waals surface area contributed by atoms with Gasteiger partial charge in [-0.3, -0.25) is 4.79 Å². The number of nitrogens with zero attached hydrogens (tertiary/aromatic N) is 3. The zero-order chi connectivity index (χ0) is 12.4. The van der Waals surface area contributed by atoms with E-state index in [-0.39, 0.29) is 5.56 Å². The van der Waals surface area contributed by atoms with Crippen LogP contribution in [0.3, 0.4) is 0 Å². The number of anilines is 1. The summed E-state index contributed by atoms with van der Waals surface area (Å²) in [6.07, 6.45) is 4.52. The molecule has 4 N–H and O–H groups in total. The highest BCUT2D eigenvalue weighted by Crippen LogP contribution is 2.16. The molecular weight excluding hydrogens is 222 g/mol. The predicted molar refractivity (Wildman–Crippen MR) is 60.8 cm³/mol. The highest BCUT2D eigenvalue weighted by molar-refractivity contribution is 5.96. The average molecular weight is 233 g/mol. The number of hydrogen-bond acceptors (Lipinski definition) is 5. The molecule has 0 aliphatic rings. The molecule has 2 heterocycles. The Kier molecular flexibility index (Phi) is 2.65. The fourth-order valence-corrected chi connectivity index (χ4v) is 1.37. The minimum absolute atomic E-state index is 0.204. The highest BCUT2D eigenvalue weighted by atomic mass is 16.5. The molecule has 0 saturated heterocycles. The molecule has 7 nitrogen and oxygen atoms in total. The van der Waals surface area contributed by atoms with Gasteiger partial charge in [-0.05, 0) is 6.07 Å². The number of nitrogen functional groups attached to an aromatic ring is 1. The van der Waals surface area contributed by atoms with Crippen LogP contribution in [0.15, 0.2) is 24.7 Å². The van der Waals surface area contributed by atoms with Crippen LogP contribution in [-0.2, 0) is 0 Å². The highest BCUT2D eigenvalue weighted by Gasteiger charge is 2.13. The first-order chi connectivity index (χ1) is 8.11. The van der Waals surface area contributed by atoms with E-state index in [2.05, 4.69) is 10.1 Å². The monoisotopic (exact) mass is 233 g/mol. The molecule has 88 valence electrons. The second-order valence-corrected chi connectivity index (χ2v) is 3.33. The van der Waals surface area contributed by atoms with Crippen LogP contribution in [0.1, 0.15) is 10.4 Å². The van der Waals surface area contributed by atoms with E-state index in [4.69, 9.17) is 16.2 Å². The molecule has 2 aromatic rings. The minimum atomic E-state index is -0.616. The molecule has 0 aliphatic carbocycles. The van der Waals surface area contributed by atoms with Crippen LogP contribution >= 0.6 is 0 Å². The van der Waals surface area contributed by atoms with Crippen molar-refractivity contribution in [3.63, 3.8) is 0 Å². The van der Waals surface area contributed by atoms with Gasteiger partial charge in [0, 0.05) is 0 Å². The average Bonchev–Trinajstić information content (AvgIpc) is 2.77. The van der Waals surface area contributed by atoms with Crippen molar-refractivity contribution in [2.24, 2.45) is 5.73 Å². The number of aromatic nitrogens is 3. The SMILES string of the molecule is COc1cnn(-c2ncc(N)cc2C(N)=O)c1. The number of amides is 1. The van der Waals surface area contributed by atoms with Crippen LogP contribution in [0.5, 0.6) is 5.75 Å². The van der Waals surface area contributed by atoms with Crippen molar-refractivity contribution in [1.29, 1.82) is 0 Å². The van der Waals surface area contributed by atoms with E-state index < -0.39 is 5.91 Å². The largest absolute Gasteiger partial charge is 0.493 e. The molecule has 0 atom stereocenters. The second-order valence-electron chi connectivity index (χ2n) is 3.33. The van der Waals surface area contributed by atoms with E-state index in [9.17, 15) is 4.79 Å². The van der Waals surface area contributed by atoms with Crippen molar-refractivity contribution < 1.29 is 9.53 Å². The zero-order valence-corrected chi connectivity index (χ0v) is 9.12. The van der Waals surface area contributed by atoms with Crippen LogP contribution in [0.4, 0.5) is 5.69 Å². The third kappa shape index (κ3) is 2.03. The van der Waals surface area contributed by atoms with Gasteiger partial charge in [-0.25, -0.2) is 9.67 Å². The number of primary amides is 1. The van der Waals surface area contributed by atoms with Gasteiger partial charge in [0.25, 0.3) is 5.91 Å². The number of hydrogen-bond donors (Lipinski definition) is 2. The number of rotatable bonds is 3. The molecular formula is C10H11N5O2. The van der Waals surface area contributed by atoms with Gasteiger partial charge in [0.15, 0.2) is 11.6 Å². The van der Waals surface area contributed by atoms with Crippen molar-refractivity contribution in [3.05, 3.63) is 30.2 Å². The number of pyridine rings is 1. The molecule has 0 radical (unpaired) electrons. The van der Waals surface area contributed by atoms with Crippen LogP contribution < -0.4 is 16.2 Å². The number of ether oxygens (including phenoxy) is 1. The molecule has 0 aliphatic heterocycles. The summed E-state index contributed by atoms with van der Waals surface area (Å²) in [5, 5.41) is 4.01. The maximum Gasteiger partial charge on any atom is 0.252 e. The van der Waals surface area contributed by atoms with Gasteiger partial charge < -0.3 is 16.2 Å². The lowest BCUT2D eigenvalue weighted by Gasteiger charge is -2.05. The van der Waals surface area contributed by atoms with Gasteiger partial charge >= 0.3 is 0 Å². The lowest BCUT2D eigenvalue weighted by atomic mass is 10.2. The number of carbonyl (C=O) groups is 1. The topological polar surface area (TPSA) is 109 Å². The summed E-state index contributed by atoms with van der Waals surface area (Å²) in [6, 6.07) is 1.46. The lowest BCUT2D eigenvalue weighted by molar-refractivity contribution is 0.1000. The molecule has 2 aromatic heterocycles. The summed E-state index contributed by atoms with van der Waals surface area (Å²) in [4.78, 5) is 15.3. The van der Waals surface area contributed by atoms with E-state index in [0.717, 1.165) is 0 Å². The lowest BCUT2D eigenvalue weighted by Crippen LogP contribution is -2.16. The summed E-state index contributed by atoms with van der Waals surface area (Å²) < 4.78 is 6.39. The molecule has 17 heavy (non-hydrogen) atoms. The van der Waals surface area contributed by atoms with E-state index in [1.807, 2.05) is 0 Å². The first-order valence-electron chi connectivity index (χ1n) is 4.76. The minimum Gasteiger partial charge on any atom is -0.493 e. The van der Waals surface area contributed by atoms with Crippen molar-refractivity contribution in [1.82, 2.24) is 14.8 Å². The summed E-state index contributed by atoms with van der Waals surface area (Å²) in [5.41, 5.74) is 11.4. The van der Waals surface area contributed by atoms with E-state index in [1.165, 1.54) is 30.3 Å².